The van der Waals surface area contributed by atoms with E-state index < -0.39 is 0 Å². The molecule has 0 bridgehead atoms. The summed E-state index contributed by atoms with van der Waals surface area (Å²) in [4.78, 5) is 12.3. The third kappa shape index (κ3) is 4.07. The minimum atomic E-state index is -0.0371. The Balaban J connectivity index is 2.01. The highest BCUT2D eigenvalue weighted by Crippen LogP contribution is 2.19. The first-order chi connectivity index (χ1) is 9.08. The minimum absolute atomic E-state index is 0.0371. The van der Waals surface area contributed by atoms with Crippen molar-refractivity contribution >= 4 is 40.1 Å². The third-order valence-electron chi connectivity index (χ3n) is 3.57. The standard InChI is InChI=1S/C14H18ClIN2O/c1-9(10-3-2-6-17-8-10)18-14(19)12-7-11(15)4-5-13(12)16/h4-5,7,9-10,17H,2-3,6,8H2,1H3,(H,18,19). The van der Waals surface area contributed by atoms with Crippen LogP contribution in [0.25, 0.3) is 0 Å². The van der Waals surface area contributed by atoms with Crippen LogP contribution in [0.3, 0.4) is 0 Å². The van der Waals surface area contributed by atoms with Gasteiger partial charge in [-0.1, -0.05) is 11.6 Å². The average Bonchev–Trinajstić information content (AvgIpc) is 2.42. The predicted molar refractivity (Wildman–Crippen MR) is 86.7 cm³/mol. The van der Waals surface area contributed by atoms with Crippen molar-refractivity contribution in [3.8, 4) is 0 Å². The molecule has 2 rings (SSSR count). The largest absolute Gasteiger partial charge is 0.349 e. The molecular formula is C14H18ClIN2O. The second-order valence-electron chi connectivity index (χ2n) is 4.99. The van der Waals surface area contributed by atoms with Crippen LogP contribution < -0.4 is 10.6 Å². The van der Waals surface area contributed by atoms with Gasteiger partial charge in [-0.2, -0.15) is 0 Å². The molecule has 2 unspecified atom stereocenters. The molecule has 1 fully saturated rings. The van der Waals surface area contributed by atoms with Gasteiger partial charge in [0, 0.05) is 14.6 Å². The minimum Gasteiger partial charge on any atom is -0.349 e. The molecule has 1 aromatic rings. The van der Waals surface area contributed by atoms with Gasteiger partial charge in [-0.25, -0.2) is 0 Å². The van der Waals surface area contributed by atoms with Crippen LogP contribution in [0.4, 0.5) is 0 Å². The zero-order valence-electron chi connectivity index (χ0n) is 10.9. The van der Waals surface area contributed by atoms with Crippen LogP contribution in [0.1, 0.15) is 30.1 Å². The number of benzene rings is 1. The fourth-order valence-corrected chi connectivity index (χ4v) is 3.13. The van der Waals surface area contributed by atoms with Gasteiger partial charge in [0.15, 0.2) is 0 Å². The van der Waals surface area contributed by atoms with Crippen LogP contribution in [-0.2, 0) is 0 Å². The third-order valence-corrected chi connectivity index (χ3v) is 4.75. The molecule has 5 heteroatoms. The number of nitrogens with one attached hydrogen (secondary N) is 2. The second kappa shape index (κ2) is 6.90. The molecule has 19 heavy (non-hydrogen) atoms. The average molecular weight is 393 g/mol. The number of carbonyl (C=O) groups is 1. The smallest absolute Gasteiger partial charge is 0.252 e. The lowest BCUT2D eigenvalue weighted by Gasteiger charge is -2.29. The van der Waals surface area contributed by atoms with Crippen molar-refractivity contribution < 1.29 is 4.79 Å². The van der Waals surface area contributed by atoms with Crippen molar-refractivity contribution in [3.05, 3.63) is 32.4 Å². The number of carbonyl (C=O) groups excluding carboxylic acids is 1. The molecule has 0 spiro atoms. The Morgan fingerprint density at radius 1 is 1.58 bits per heavy atom. The molecule has 0 aromatic heterocycles. The van der Waals surface area contributed by atoms with E-state index in [-0.39, 0.29) is 11.9 Å². The summed E-state index contributed by atoms with van der Waals surface area (Å²) in [6.45, 7) is 4.14. The van der Waals surface area contributed by atoms with Gasteiger partial charge >= 0.3 is 0 Å². The molecule has 104 valence electrons. The Labute approximate surface area is 132 Å². The first-order valence-corrected chi connectivity index (χ1v) is 8.00. The molecule has 2 atom stereocenters. The molecule has 0 radical (unpaired) electrons. The van der Waals surface area contributed by atoms with Gasteiger partial charge in [0.2, 0.25) is 0 Å². The van der Waals surface area contributed by atoms with Gasteiger partial charge in [0.1, 0.15) is 0 Å². The number of rotatable bonds is 3. The summed E-state index contributed by atoms with van der Waals surface area (Å²) in [5, 5.41) is 7.06. The van der Waals surface area contributed by atoms with Crippen molar-refractivity contribution in [3.63, 3.8) is 0 Å². The lowest BCUT2D eigenvalue weighted by atomic mass is 9.92. The number of piperidine rings is 1. The van der Waals surface area contributed by atoms with E-state index in [1.54, 1.807) is 12.1 Å². The van der Waals surface area contributed by atoms with Crippen molar-refractivity contribution in [1.29, 1.82) is 0 Å². The van der Waals surface area contributed by atoms with Crippen molar-refractivity contribution in [2.24, 2.45) is 5.92 Å². The Kier molecular flexibility index (Phi) is 5.47. The van der Waals surface area contributed by atoms with Gasteiger partial charge in [-0.3, -0.25) is 4.79 Å². The number of halogens is 2. The van der Waals surface area contributed by atoms with E-state index in [1.807, 2.05) is 6.07 Å². The second-order valence-corrected chi connectivity index (χ2v) is 6.59. The van der Waals surface area contributed by atoms with E-state index in [0.29, 0.717) is 16.5 Å². The quantitative estimate of drug-likeness (QED) is 0.776. The maximum Gasteiger partial charge on any atom is 0.252 e. The Hall–Kier alpha value is -0.330. The van der Waals surface area contributed by atoms with E-state index in [9.17, 15) is 4.79 Å². The van der Waals surface area contributed by atoms with Crippen LogP contribution >= 0.6 is 34.2 Å². The number of hydrogen-bond donors (Lipinski definition) is 2. The molecule has 0 aliphatic carbocycles. The molecular weight excluding hydrogens is 375 g/mol. The lowest BCUT2D eigenvalue weighted by Crippen LogP contribution is -2.44. The van der Waals surface area contributed by atoms with Gasteiger partial charge < -0.3 is 10.6 Å². The van der Waals surface area contributed by atoms with E-state index in [2.05, 4.69) is 40.1 Å². The summed E-state index contributed by atoms with van der Waals surface area (Å²) < 4.78 is 0.925. The maximum absolute atomic E-state index is 12.3. The first kappa shape index (κ1) is 15.1. The highest BCUT2D eigenvalue weighted by molar-refractivity contribution is 14.1. The zero-order chi connectivity index (χ0) is 13.8. The fraction of sp³-hybridized carbons (Fsp3) is 0.500. The molecule has 1 heterocycles. The van der Waals surface area contributed by atoms with Crippen LogP contribution in [0.5, 0.6) is 0 Å². The van der Waals surface area contributed by atoms with Gasteiger partial charge in [0.25, 0.3) is 5.91 Å². The molecule has 2 N–H and O–H groups in total. The summed E-state index contributed by atoms with van der Waals surface area (Å²) in [7, 11) is 0. The Morgan fingerprint density at radius 2 is 2.37 bits per heavy atom. The number of amides is 1. The van der Waals surface area contributed by atoms with E-state index in [1.165, 1.54) is 12.8 Å². The highest BCUT2D eigenvalue weighted by Gasteiger charge is 2.22. The maximum atomic E-state index is 12.3. The summed E-state index contributed by atoms with van der Waals surface area (Å²) >= 11 is 8.11. The van der Waals surface area contributed by atoms with E-state index in [4.69, 9.17) is 11.6 Å². The van der Waals surface area contributed by atoms with Crippen LogP contribution in [0.2, 0.25) is 5.02 Å². The molecule has 0 saturated carbocycles. The Morgan fingerprint density at radius 3 is 3.05 bits per heavy atom. The number of hydrogen-bond acceptors (Lipinski definition) is 2. The molecule has 1 aromatic carbocycles. The van der Waals surface area contributed by atoms with E-state index in [0.717, 1.165) is 16.7 Å². The topological polar surface area (TPSA) is 41.1 Å². The van der Waals surface area contributed by atoms with Gasteiger partial charge in [-0.05, 0) is 79.6 Å². The molecule has 1 aliphatic heterocycles. The molecule has 3 nitrogen and oxygen atoms in total. The fourth-order valence-electron chi connectivity index (χ4n) is 2.38. The molecule has 1 amide bonds. The zero-order valence-corrected chi connectivity index (χ0v) is 13.8. The monoisotopic (exact) mass is 392 g/mol. The van der Waals surface area contributed by atoms with Crippen LogP contribution in [0, 0.1) is 9.49 Å². The summed E-state index contributed by atoms with van der Waals surface area (Å²) in [5.41, 5.74) is 0.656. The van der Waals surface area contributed by atoms with Gasteiger partial charge in [-0.15, -0.1) is 0 Å². The normalized spacial score (nSPS) is 20.9. The highest BCUT2D eigenvalue weighted by atomic mass is 127. The lowest BCUT2D eigenvalue weighted by molar-refractivity contribution is 0.0921. The van der Waals surface area contributed by atoms with Crippen molar-refractivity contribution in [1.82, 2.24) is 10.6 Å². The first-order valence-electron chi connectivity index (χ1n) is 6.54. The van der Waals surface area contributed by atoms with Crippen molar-refractivity contribution in [2.45, 2.75) is 25.8 Å². The predicted octanol–water partition coefficient (Wildman–Crippen LogP) is 3.06. The van der Waals surface area contributed by atoms with Gasteiger partial charge in [0.05, 0.1) is 5.56 Å². The summed E-state index contributed by atoms with van der Waals surface area (Å²) in [6, 6.07) is 5.57. The SMILES string of the molecule is CC(NC(=O)c1cc(Cl)ccc1I)C1CCCNC1. The van der Waals surface area contributed by atoms with E-state index >= 15 is 0 Å². The van der Waals surface area contributed by atoms with Crippen molar-refractivity contribution in [2.75, 3.05) is 13.1 Å². The summed E-state index contributed by atoms with van der Waals surface area (Å²) in [6.07, 6.45) is 2.35. The molecule has 1 aliphatic rings. The van der Waals surface area contributed by atoms with Crippen LogP contribution in [0.15, 0.2) is 18.2 Å². The summed E-state index contributed by atoms with van der Waals surface area (Å²) in [5.74, 6) is 0.472. The van der Waals surface area contributed by atoms with Crippen LogP contribution in [-0.4, -0.2) is 25.0 Å². The Bertz CT molecular complexity index is 461. The molecule has 1 saturated heterocycles.